The number of allylic oxidation sites excluding steroid dienone is 2. The molecule has 1 aliphatic carbocycles. The van der Waals surface area contributed by atoms with Crippen molar-refractivity contribution in [3.63, 3.8) is 0 Å². The van der Waals surface area contributed by atoms with Crippen molar-refractivity contribution in [3.05, 3.63) is 33.7 Å². The lowest BCUT2D eigenvalue weighted by Gasteiger charge is -2.32. The maximum absolute atomic E-state index is 12.8. The number of hydrogen-bond acceptors (Lipinski definition) is 13. The molecule has 8 N–H and O–H groups in total. The number of carbonyl (C=O) groups excluding carboxylic acids is 2. The first-order valence-electron chi connectivity index (χ1n) is 12.3. The van der Waals surface area contributed by atoms with Gasteiger partial charge in [0, 0.05) is 24.9 Å². The van der Waals surface area contributed by atoms with E-state index >= 15 is 0 Å². The van der Waals surface area contributed by atoms with Crippen LogP contribution in [0.25, 0.3) is 0 Å². The molecule has 0 saturated carbocycles. The number of nitrogens with two attached hydrogens (primary N) is 1. The van der Waals surface area contributed by atoms with Gasteiger partial charge >= 0.3 is 11.9 Å². The highest BCUT2D eigenvalue weighted by Crippen LogP contribution is 2.46. The molecule has 1 heterocycles. The van der Waals surface area contributed by atoms with Gasteiger partial charge in [-0.1, -0.05) is 18.0 Å². The number of amides is 2. The second kappa shape index (κ2) is 16.0. The summed E-state index contributed by atoms with van der Waals surface area (Å²) in [5.74, 6) is -3.57. The average molecular weight is 605 g/mol. The van der Waals surface area contributed by atoms with E-state index in [-0.39, 0.29) is 42.3 Å². The van der Waals surface area contributed by atoms with Crippen LogP contribution in [0.2, 0.25) is 0 Å². The summed E-state index contributed by atoms with van der Waals surface area (Å²) >= 11 is 2.52. The van der Waals surface area contributed by atoms with Gasteiger partial charge < -0.3 is 31.7 Å². The first-order valence-corrected chi connectivity index (χ1v) is 14.2. The monoisotopic (exact) mass is 604 g/mol. The van der Waals surface area contributed by atoms with Crippen molar-refractivity contribution in [1.82, 2.24) is 16.1 Å². The van der Waals surface area contributed by atoms with Crippen LogP contribution in [0, 0.1) is 10.1 Å². The van der Waals surface area contributed by atoms with E-state index in [4.69, 9.17) is 26.0 Å². The number of nitrogens with one attached hydrogen (secondary N) is 3. The van der Waals surface area contributed by atoms with E-state index in [9.17, 15) is 29.3 Å². The number of oxime groups is 1. The van der Waals surface area contributed by atoms with Gasteiger partial charge in [0.15, 0.2) is 5.70 Å². The Balaban J connectivity index is 2.23. The van der Waals surface area contributed by atoms with Crippen LogP contribution in [-0.4, -0.2) is 90.5 Å². The number of nitro groups is 1. The summed E-state index contributed by atoms with van der Waals surface area (Å²) < 4.78 is -1.07. The molecule has 16 nitrogen and oxygen atoms in total. The predicted molar refractivity (Wildman–Crippen MR) is 145 cm³/mol. The van der Waals surface area contributed by atoms with E-state index in [2.05, 4.69) is 21.3 Å². The molecule has 0 aromatic carbocycles. The number of carbonyl (C=O) groups is 4. The number of nitrogens with zero attached hydrogens (tertiary/aromatic N) is 2. The second-order valence-corrected chi connectivity index (χ2v) is 11.5. The third-order valence-electron chi connectivity index (χ3n) is 5.66. The highest BCUT2D eigenvalue weighted by atomic mass is 32.2. The lowest BCUT2D eigenvalue weighted by molar-refractivity contribution is -0.420. The molecule has 0 aromatic rings. The van der Waals surface area contributed by atoms with Crippen molar-refractivity contribution in [2.24, 2.45) is 10.9 Å². The Bertz CT molecular complexity index is 1070. The normalized spacial score (nSPS) is 19.0. The molecule has 222 valence electrons. The molecule has 0 radical (unpaired) electrons. The van der Waals surface area contributed by atoms with Crippen LogP contribution >= 0.6 is 23.5 Å². The van der Waals surface area contributed by atoms with Crippen molar-refractivity contribution in [3.8, 4) is 0 Å². The third kappa shape index (κ3) is 9.68. The topological polar surface area (TPSA) is 256 Å². The number of thioether (sulfide) groups is 2. The molecule has 0 fully saturated rings. The minimum absolute atomic E-state index is 0.0475. The van der Waals surface area contributed by atoms with E-state index in [0.717, 1.165) is 31.0 Å². The fraction of sp³-hybridized carbons (Fsp3) is 0.591. The minimum atomic E-state index is -1.30. The molecule has 1 aliphatic heterocycles. The number of unbranched alkanes of at least 4 members (excludes halogenated alkanes) is 3. The van der Waals surface area contributed by atoms with Gasteiger partial charge in [-0.3, -0.25) is 34.2 Å². The lowest BCUT2D eigenvalue weighted by atomic mass is 10.1. The molecule has 18 heteroatoms. The quantitative estimate of drug-likeness (QED) is 0.0426. The number of carboxylic acids is 2. The van der Waals surface area contributed by atoms with Gasteiger partial charge in [0.05, 0.1) is 4.92 Å². The fourth-order valence-electron chi connectivity index (χ4n) is 3.54. The molecule has 0 saturated heterocycles. The van der Waals surface area contributed by atoms with E-state index < -0.39 is 51.4 Å². The van der Waals surface area contributed by atoms with E-state index in [1.165, 1.54) is 17.8 Å². The number of rotatable bonds is 19. The van der Waals surface area contributed by atoms with Gasteiger partial charge in [0.1, 0.15) is 28.4 Å². The third-order valence-corrected chi connectivity index (χ3v) is 8.88. The smallest absolute Gasteiger partial charge is 0.322 e. The molecule has 0 bridgehead atoms. The van der Waals surface area contributed by atoms with E-state index in [1.54, 1.807) is 6.08 Å². The molecule has 0 spiro atoms. The molecule has 2 rings (SSSR count). The fourth-order valence-corrected chi connectivity index (χ4v) is 6.51. The first-order chi connectivity index (χ1) is 19.0. The Morgan fingerprint density at radius 3 is 2.58 bits per heavy atom. The number of fused-ring (bicyclic) bond motifs is 1. The van der Waals surface area contributed by atoms with Crippen LogP contribution in [0.4, 0.5) is 0 Å². The number of aliphatic carboxylic acids is 2. The van der Waals surface area contributed by atoms with E-state index in [1.807, 2.05) is 0 Å². The maximum Gasteiger partial charge on any atom is 0.322 e. The van der Waals surface area contributed by atoms with Crippen molar-refractivity contribution in [1.29, 1.82) is 0 Å². The Labute approximate surface area is 237 Å². The molecule has 3 atom stereocenters. The summed E-state index contributed by atoms with van der Waals surface area (Å²) in [7, 11) is 0. The predicted octanol–water partition coefficient (Wildman–Crippen LogP) is -0.472. The van der Waals surface area contributed by atoms with Crippen molar-refractivity contribution >= 4 is 53.0 Å². The Morgan fingerprint density at radius 2 is 1.93 bits per heavy atom. The highest BCUT2D eigenvalue weighted by molar-refractivity contribution is 8.19. The summed E-state index contributed by atoms with van der Waals surface area (Å²) in [5.41, 5.74) is 7.85. The van der Waals surface area contributed by atoms with Gasteiger partial charge in [0.25, 0.3) is 5.70 Å². The molecule has 2 amide bonds. The number of hydroxylamine groups is 1. The zero-order valence-electron chi connectivity index (χ0n) is 21.4. The average Bonchev–Trinajstić information content (AvgIpc) is 3.41. The van der Waals surface area contributed by atoms with Crippen molar-refractivity contribution in [2.45, 2.75) is 54.7 Å². The first kappa shape index (κ1) is 32.9. The molecular formula is C22H32N6O10S2. The minimum Gasteiger partial charge on any atom is -0.480 e. The van der Waals surface area contributed by atoms with Crippen LogP contribution in [0.5, 0.6) is 0 Å². The van der Waals surface area contributed by atoms with Gasteiger partial charge in [-0.15, -0.1) is 23.5 Å². The van der Waals surface area contributed by atoms with Crippen LogP contribution in [0.1, 0.15) is 38.5 Å². The van der Waals surface area contributed by atoms with Crippen molar-refractivity contribution < 1.29 is 44.4 Å². The number of aliphatic hydroxyl groups is 1. The summed E-state index contributed by atoms with van der Waals surface area (Å²) in [6, 6.07) is -2.52. The van der Waals surface area contributed by atoms with Crippen LogP contribution in [0.3, 0.4) is 0 Å². The Hall–Kier alpha value is -3.35. The maximum atomic E-state index is 12.8. The molecule has 0 unspecified atom stereocenters. The van der Waals surface area contributed by atoms with Gasteiger partial charge in [-0.25, -0.2) is 0 Å². The van der Waals surface area contributed by atoms with Crippen molar-refractivity contribution in [2.75, 3.05) is 24.7 Å². The SMILES string of the molecule is N[C@@H](CCC(=O)N[C@@H](CS[C@]1(SCCCCCCO)C=CC([N+](=O)[O-])=C2NON=C21)C(=O)NCC(=O)O)C(=O)O. The molecule has 2 aliphatic rings. The summed E-state index contributed by atoms with van der Waals surface area (Å²) in [5, 5.41) is 47.1. The summed E-state index contributed by atoms with van der Waals surface area (Å²) in [6.07, 6.45) is 5.45. The van der Waals surface area contributed by atoms with Gasteiger partial charge in [-0.05, 0) is 31.1 Å². The Morgan fingerprint density at radius 1 is 1.20 bits per heavy atom. The molecule has 0 aromatic heterocycles. The molecule has 40 heavy (non-hydrogen) atoms. The molecular weight excluding hydrogens is 572 g/mol. The van der Waals surface area contributed by atoms with Gasteiger partial charge in [0.2, 0.25) is 11.8 Å². The van der Waals surface area contributed by atoms with Crippen LogP contribution in [-0.2, 0) is 24.1 Å². The standard InChI is InChI=1S/C22H32N6O10S2/c23-13(21(34)35)5-6-16(30)25-14(20(33)24-11-17(31)32)12-40-22(39-10-4-2-1-3-9-29)8-7-15(28(36)37)18-19(22)27-38-26-18/h7-8,13-14,26,29H,1-6,9-12,23H2,(H,24,33)(H,25,30)(H,31,32)(H,34,35)/t13-,14-,22+/m0/s1. The van der Waals surface area contributed by atoms with Gasteiger partial charge in [-0.2, -0.15) is 5.48 Å². The summed E-state index contributed by atoms with van der Waals surface area (Å²) in [4.78, 5) is 63.1. The summed E-state index contributed by atoms with van der Waals surface area (Å²) in [6.45, 7) is -0.608. The largest absolute Gasteiger partial charge is 0.480 e. The van der Waals surface area contributed by atoms with E-state index in [0.29, 0.717) is 12.2 Å². The number of hydrogen-bond donors (Lipinski definition) is 7. The second-order valence-electron chi connectivity index (χ2n) is 8.66. The zero-order valence-corrected chi connectivity index (χ0v) is 23.0. The van der Waals surface area contributed by atoms with Crippen LogP contribution < -0.4 is 21.8 Å². The highest BCUT2D eigenvalue weighted by Gasteiger charge is 2.47. The zero-order chi connectivity index (χ0) is 29.7. The lowest BCUT2D eigenvalue weighted by Crippen LogP contribution is -2.50. The Kier molecular flexibility index (Phi) is 13.2. The van der Waals surface area contributed by atoms with Crippen LogP contribution in [0.15, 0.2) is 28.7 Å². The number of aliphatic hydroxyl groups excluding tert-OH is 1. The number of carboxylic acid groups (broad SMARTS) is 2.